The highest BCUT2D eigenvalue weighted by molar-refractivity contribution is 6.74. The Kier molecular flexibility index (Phi) is 5.84. The molecule has 106 valence electrons. The maximum atomic E-state index is 6.08. The zero-order valence-corrected chi connectivity index (χ0v) is 14.4. The van der Waals surface area contributed by atoms with Crippen molar-refractivity contribution in [1.29, 1.82) is 0 Å². The molecule has 3 heteroatoms. The lowest BCUT2D eigenvalue weighted by Gasteiger charge is -2.35. The van der Waals surface area contributed by atoms with Gasteiger partial charge in [-0.3, -0.25) is 0 Å². The quantitative estimate of drug-likeness (QED) is 0.518. The van der Waals surface area contributed by atoms with Crippen molar-refractivity contribution >= 4 is 19.9 Å². The first-order valence-corrected chi connectivity index (χ1v) is 10.0. The average molecular weight is 297 g/mol. The van der Waals surface area contributed by atoms with Gasteiger partial charge >= 0.3 is 0 Å². The van der Waals surface area contributed by atoms with Crippen molar-refractivity contribution < 1.29 is 4.43 Å². The third kappa shape index (κ3) is 5.51. The normalized spacial score (nSPS) is 13.2. The van der Waals surface area contributed by atoms with Crippen molar-refractivity contribution in [2.45, 2.75) is 45.3 Å². The van der Waals surface area contributed by atoms with Crippen molar-refractivity contribution in [3.8, 4) is 0 Å². The Balaban J connectivity index is 2.40. The Morgan fingerprint density at radius 2 is 1.89 bits per heavy atom. The van der Waals surface area contributed by atoms with Crippen LogP contribution in [0.15, 0.2) is 36.4 Å². The molecule has 0 fully saturated rings. The van der Waals surface area contributed by atoms with Crippen LogP contribution in [0.2, 0.25) is 23.2 Å². The molecule has 19 heavy (non-hydrogen) atoms. The van der Waals surface area contributed by atoms with E-state index in [0.29, 0.717) is 6.61 Å². The molecule has 0 spiro atoms. The fraction of sp³-hybridized carbons (Fsp3) is 0.500. The van der Waals surface area contributed by atoms with Crippen LogP contribution in [0.1, 0.15) is 26.3 Å². The highest BCUT2D eigenvalue weighted by Crippen LogP contribution is 2.36. The molecule has 0 saturated carbocycles. The van der Waals surface area contributed by atoms with Crippen molar-refractivity contribution in [2.24, 2.45) is 0 Å². The Morgan fingerprint density at radius 1 is 1.21 bits per heavy atom. The lowest BCUT2D eigenvalue weighted by molar-refractivity contribution is 0.328. The third-order valence-electron chi connectivity index (χ3n) is 3.76. The lowest BCUT2D eigenvalue weighted by Crippen LogP contribution is -2.40. The van der Waals surface area contributed by atoms with E-state index in [-0.39, 0.29) is 5.04 Å². The highest BCUT2D eigenvalue weighted by Gasteiger charge is 2.36. The van der Waals surface area contributed by atoms with E-state index in [0.717, 1.165) is 11.4 Å². The molecule has 1 rings (SSSR count). The zero-order chi connectivity index (χ0) is 14.5. The summed E-state index contributed by atoms with van der Waals surface area (Å²) in [7, 11) is -1.62. The van der Waals surface area contributed by atoms with Gasteiger partial charge in [-0.05, 0) is 42.2 Å². The fourth-order valence-corrected chi connectivity index (χ4v) is 2.58. The molecule has 0 amide bonds. The van der Waals surface area contributed by atoms with Crippen molar-refractivity contribution in [3.63, 3.8) is 0 Å². The van der Waals surface area contributed by atoms with E-state index in [9.17, 15) is 0 Å². The van der Waals surface area contributed by atoms with Gasteiger partial charge in [0.2, 0.25) is 0 Å². The number of allylic oxidation sites excluding steroid dienone is 1. The molecular weight excluding hydrogens is 272 g/mol. The van der Waals surface area contributed by atoms with Gasteiger partial charge in [-0.15, -0.1) is 0 Å². The van der Waals surface area contributed by atoms with Crippen LogP contribution in [-0.2, 0) is 10.8 Å². The summed E-state index contributed by atoms with van der Waals surface area (Å²) < 4.78 is 6.08. The third-order valence-corrected chi connectivity index (χ3v) is 8.49. The van der Waals surface area contributed by atoms with Gasteiger partial charge in [0.05, 0.1) is 6.61 Å². The number of halogens is 1. The minimum absolute atomic E-state index is 0.272. The molecule has 0 heterocycles. The lowest BCUT2D eigenvalue weighted by atomic mass is 10.1. The zero-order valence-electron chi connectivity index (χ0n) is 12.7. The Hall–Kier alpha value is -0.573. The maximum absolute atomic E-state index is 6.08. The molecule has 0 atom stereocenters. The number of hydrogen-bond donors (Lipinski definition) is 0. The van der Waals surface area contributed by atoms with Crippen LogP contribution in [0, 0.1) is 0 Å². The second kappa shape index (κ2) is 6.73. The van der Waals surface area contributed by atoms with E-state index in [1.165, 1.54) is 5.56 Å². The summed E-state index contributed by atoms with van der Waals surface area (Å²) >= 11 is 5.95. The summed E-state index contributed by atoms with van der Waals surface area (Å²) in [4.78, 5) is 0. The van der Waals surface area contributed by atoms with Gasteiger partial charge in [0, 0.05) is 5.02 Å². The van der Waals surface area contributed by atoms with Crippen LogP contribution in [0.5, 0.6) is 0 Å². The topological polar surface area (TPSA) is 9.23 Å². The largest absolute Gasteiger partial charge is 0.413 e. The summed E-state index contributed by atoms with van der Waals surface area (Å²) in [6.45, 7) is 12.0. The predicted octanol–water partition coefficient (Wildman–Crippen LogP) is 5.46. The van der Waals surface area contributed by atoms with E-state index in [1.54, 1.807) is 0 Å². The summed E-state index contributed by atoms with van der Waals surface area (Å²) in [5.74, 6) is 0. The second-order valence-electron chi connectivity index (χ2n) is 6.38. The molecule has 0 aliphatic carbocycles. The van der Waals surface area contributed by atoms with Crippen molar-refractivity contribution in [3.05, 3.63) is 47.0 Å². The van der Waals surface area contributed by atoms with Gasteiger partial charge in [-0.1, -0.05) is 56.7 Å². The van der Waals surface area contributed by atoms with E-state index in [1.807, 2.05) is 18.2 Å². The van der Waals surface area contributed by atoms with E-state index in [4.69, 9.17) is 16.0 Å². The molecule has 1 nitrogen and oxygen atoms in total. The Bertz CT molecular complexity index is 433. The van der Waals surface area contributed by atoms with Crippen LogP contribution in [0.25, 0.3) is 0 Å². The first-order chi connectivity index (χ1) is 8.72. The molecule has 0 N–H and O–H groups in total. The molecule has 0 saturated heterocycles. The summed E-state index contributed by atoms with van der Waals surface area (Å²) in [6, 6.07) is 7.97. The summed E-state index contributed by atoms with van der Waals surface area (Å²) in [5.41, 5.74) is 1.23. The molecule has 0 bridgehead atoms. The molecule has 1 aromatic carbocycles. The summed E-state index contributed by atoms with van der Waals surface area (Å²) in [6.07, 6.45) is 5.17. The van der Waals surface area contributed by atoms with Gasteiger partial charge in [0.25, 0.3) is 0 Å². The minimum Gasteiger partial charge on any atom is -0.413 e. The second-order valence-corrected chi connectivity index (χ2v) is 11.6. The molecule has 0 radical (unpaired) electrons. The highest BCUT2D eigenvalue weighted by atomic mass is 35.5. The number of rotatable bonds is 5. The molecule has 0 aliphatic heterocycles. The van der Waals surface area contributed by atoms with Gasteiger partial charge in [-0.2, -0.15) is 0 Å². The van der Waals surface area contributed by atoms with Crippen molar-refractivity contribution in [2.75, 3.05) is 6.61 Å². The summed E-state index contributed by atoms with van der Waals surface area (Å²) in [5, 5.41) is 1.07. The van der Waals surface area contributed by atoms with Crippen LogP contribution in [0.3, 0.4) is 0 Å². The van der Waals surface area contributed by atoms with Crippen molar-refractivity contribution in [1.82, 2.24) is 0 Å². The van der Waals surface area contributed by atoms with Gasteiger partial charge in [0.1, 0.15) is 0 Å². The smallest absolute Gasteiger partial charge is 0.192 e. The number of hydrogen-bond acceptors (Lipinski definition) is 1. The Labute approximate surface area is 123 Å². The first-order valence-electron chi connectivity index (χ1n) is 6.76. The monoisotopic (exact) mass is 296 g/mol. The van der Waals surface area contributed by atoms with E-state index >= 15 is 0 Å². The standard InChI is InChI=1S/C16H25ClOSi/c1-16(2,3)19(4,5)18-12-7-6-9-14-10-8-11-15(17)13-14/h6-8,10-11,13H,9,12H2,1-5H3. The Morgan fingerprint density at radius 3 is 2.47 bits per heavy atom. The minimum atomic E-state index is -1.62. The maximum Gasteiger partial charge on any atom is 0.192 e. The van der Waals surface area contributed by atoms with Crippen LogP contribution in [-0.4, -0.2) is 14.9 Å². The average Bonchev–Trinajstić information content (AvgIpc) is 2.27. The molecule has 1 aromatic rings. The van der Waals surface area contributed by atoms with Gasteiger partial charge in [-0.25, -0.2) is 0 Å². The van der Waals surface area contributed by atoms with Crippen LogP contribution < -0.4 is 0 Å². The van der Waals surface area contributed by atoms with Crippen LogP contribution in [0.4, 0.5) is 0 Å². The van der Waals surface area contributed by atoms with Gasteiger partial charge < -0.3 is 4.43 Å². The predicted molar refractivity (Wildman–Crippen MR) is 87.4 cm³/mol. The first kappa shape index (κ1) is 16.5. The molecule has 0 aromatic heterocycles. The van der Waals surface area contributed by atoms with Crippen LogP contribution >= 0.6 is 11.6 Å². The SMILES string of the molecule is CC(C)(C)[Si](C)(C)OCC=CCc1cccc(Cl)c1. The van der Waals surface area contributed by atoms with Gasteiger partial charge in [0.15, 0.2) is 8.32 Å². The van der Waals surface area contributed by atoms with E-state index < -0.39 is 8.32 Å². The fourth-order valence-electron chi connectivity index (χ4n) is 1.42. The molecule has 0 unspecified atom stereocenters. The number of benzene rings is 1. The molecular formula is C16H25ClOSi. The van der Waals surface area contributed by atoms with E-state index in [2.05, 4.69) is 52.1 Å². The molecule has 0 aliphatic rings.